The lowest BCUT2D eigenvalue weighted by Gasteiger charge is -2.25. The van der Waals surface area contributed by atoms with Gasteiger partial charge in [-0.05, 0) is 36.2 Å². The van der Waals surface area contributed by atoms with E-state index in [1.54, 1.807) is 0 Å². The van der Waals surface area contributed by atoms with E-state index in [0.717, 1.165) is 12.1 Å². The molecular weight excluding hydrogens is 464 g/mol. The van der Waals surface area contributed by atoms with Crippen molar-refractivity contribution in [1.29, 1.82) is 0 Å². The molecule has 0 saturated carbocycles. The van der Waals surface area contributed by atoms with Crippen LogP contribution in [0.3, 0.4) is 0 Å². The van der Waals surface area contributed by atoms with Crippen molar-refractivity contribution in [2.75, 3.05) is 27.6 Å². The summed E-state index contributed by atoms with van der Waals surface area (Å²) in [7, 11) is -4.44. The van der Waals surface area contributed by atoms with E-state index in [1.165, 1.54) is 28.9 Å². The van der Waals surface area contributed by atoms with Gasteiger partial charge in [0.1, 0.15) is 5.69 Å². The van der Waals surface area contributed by atoms with E-state index in [0.29, 0.717) is 42.9 Å². The summed E-state index contributed by atoms with van der Waals surface area (Å²) in [5.74, 6) is -2.95. The monoisotopic (exact) mass is 483 g/mol. The maximum atomic E-state index is 14.2. The van der Waals surface area contributed by atoms with Crippen LogP contribution in [0.5, 0.6) is 0 Å². The van der Waals surface area contributed by atoms with Gasteiger partial charge in [-0.3, -0.25) is 14.3 Å². The number of carbonyl (C=O) groups excluding carboxylic acids is 2. The van der Waals surface area contributed by atoms with E-state index in [2.05, 4.69) is 0 Å². The molecule has 1 unspecified atom stereocenters. The highest BCUT2D eigenvalue weighted by molar-refractivity contribution is 7.92. The second kappa shape index (κ2) is 8.00. The molecule has 4 rings (SSSR count). The summed E-state index contributed by atoms with van der Waals surface area (Å²) >= 11 is 5.61. The van der Waals surface area contributed by atoms with Gasteiger partial charge in [-0.2, -0.15) is 0 Å². The molecule has 0 radical (unpaired) electrons. The zero-order chi connectivity index (χ0) is 23.4. The minimum Gasteiger partial charge on any atom is -0.310 e. The smallest absolute Gasteiger partial charge is 0.262 e. The van der Waals surface area contributed by atoms with Crippen LogP contribution in [0.25, 0.3) is 0 Å². The Labute approximate surface area is 189 Å². The third-order valence-electron chi connectivity index (χ3n) is 5.65. The average molecular weight is 484 g/mol. The van der Waals surface area contributed by atoms with Crippen molar-refractivity contribution in [3.05, 3.63) is 46.5 Å². The summed E-state index contributed by atoms with van der Waals surface area (Å²) in [6.45, 7) is 3.94. The molecule has 1 saturated heterocycles. The van der Waals surface area contributed by atoms with Gasteiger partial charge in [0.25, 0.3) is 10.0 Å². The van der Waals surface area contributed by atoms with Gasteiger partial charge in [-0.1, -0.05) is 18.5 Å². The quantitative estimate of drug-likeness (QED) is 0.711. The van der Waals surface area contributed by atoms with Gasteiger partial charge >= 0.3 is 0 Å². The Morgan fingerprint density at radius 1 is 1.19 bits per heavy atom. The molecule has 2 aromatic rings. The maximum absolute atomic E-state index is 14.2. The third kappa shape index (κ3) is 3.81. The standard InChI is InChI=1S/C21H20ClF2N3O4S/c1-11-10-27(12(2)28)21-15(11)8-14(9-18(21)26-5-3-4-19(26)29)32(30,31)25-20-16(23)6-13(22)7-17(20)24/h6-9,11,25H,3-5,10H2,1-2H3. The zero-order valence-electron chi connectivity index (χ0n) is 17.3. The first kappa shape index (κ1) is 22.5. The number of rotatable bonds is 4. The summed E-state index contributed by atoms with van der Waals surface area (Å²) in [5, 5.41) is -0.214. The number of hydrogen-bond acceptors (Lipinski definition) is 4. The van der Waals surface area contributed by atoms with Gasteiger partial charge in [0.2, 0.25) is 11.8 Å². The molecule has 1 fully saturated rings. The maximum Gasteiger partial charge on any atom is 0.262 e. The number of nitrogens with zero attached hydrogens (tertiary/aromatic N) is 2. The van der Waals surface area contributed by atoms with Crippen molar-refractivity contribution < 1.29 is 26.8 Å². The minimum atomic E-state index is -4.44. The van der Waals surface area contributed by atoms with Gasteiger partial charge < -0.3 is 9.80 Å². The molecule has 11 heteroatoms. The fraction of sp³-hybridized carbons (Fsp3) is 0.333. The van der Waals surface area contributed by atoms with E-state index in [9.17, 15) is 26.8 Å². The molecule has 2 aliphatic rings. The molecule has 170 valence electrons. The second-order valence-corrected chi connectivity index (χ2v) is 10.0. The molecule has 1 atom stereocenters. The molecule has 2 amide bonds. The Kier molecular flexibility index (Phi) is 5.62. The fourth-order valence-electron chi connectivity index (χ4n) is 4.13. The predicted molar refractivity (Wildman–Crippen MR) is 117 cm³/mol. The minimum absolute atomic E-state index is 0.187. The van der Waals surface area contributed by atoms with Crippen LogP contribution in [-0.4, -0.2) is 33.3 Å². The molecule has 2 aliphatic heterocycles. The normalized spacial score (nSPS) is 18.3. The summed E-state index contributed by atoms with van der Waals surface area (Å²) < 4.78 is 56.6. The van der Waals surface area contributed by atoms with Gasteiger partial charge in [0.05, 0.1) is 16.3 Å². The molecule has 2 heterocycles. The molecule has 0 spiro atoms. The number of hydrogen-bond donors (Lipinski definition) is 1. The number of benzene rings is 2. The number of nitrogens with one attached hydrogen (secondary N) is 1. The fourth-order valence-corrected chi connectivity index (χ4v) is 5.45. The van der Waals surface area contributed by atoms with E-state index in [1.807, 2.05) is 11.6 Å². The lowest BCUT2D eigenvalue weighted by atomic mass is 10.0. The van der Waals surface area contributed by atoms with Crippen molar-refractivity contribution in [2.24, 2.45) is 0 Å². The SMILES string of the molecule is CC(=O)N1CC(C)c2cc(S(=O)(=O)Nc3c(F)cc(Cl)cc3F)cc(N3CCCC3=O)c21. The Morgan fingerprint density at radius 3 is 2.41 bits per heavy atom. The summed E-state index contributed by atoms with van der Waals surface area (Å²) in [4.78, 5) is 27.4. The number of halogens is 3. The molecule has 0 bridgehead atoms. The number of amides is 2. The van der Waals surface area contributed by atoms with E-state index < -0.39 is 27.3 Å². The van der Waals surface area contributed by atoms with Crippen molar-refractivity contribution in [1.82, 2.24) is 0 Å². The summed E-state index contributed by atoms with van der Waals surface area (Å²) in [6.07, 6.45) is 0.903. The van der Waals surface area contributed by atoms with Gasteiger partial charge in [-0.25, -0.2) is 17.2 Å². The number of sulfonamides is 1. The second-order valence-electron chi connectivity index (χ2n) is 7.91. The third-order valence-corrected chi connectivity index (χ3v) is 7.20. The van der Waals surface area contributed by atoms with Gasteiger partial charge in [0, 0.05) is 37.4 Å². The van der Waals surface area contributed by atoms with Crippen LogP contribution in [0.4, 0.5) is 25.8 Å². The molecule has 7 nitrogen and oxygen atoms in total. The van der Waals surface area contributed by atoms with E-state index in [4.69, 9.17) is 11.6 Å². The van der Waals surface area contributed by atoms with Crippen LogP contribution in [0.15, 0.2) is 29.2 Å². The van der Waals surface area contributed by atoms with E-state index >= 15 is 0 Å². The first-order valence-corrected chi connectivity index (χ1v) is 11.8. The molecular formula is C21H20ClF2N3O4S. The van der Waals surface area contributed by atoms with Crippen LogP contribution in [-0.2, 0) is 19.6 Å². The van der Waals surface area contributed by atoms with Crippen LogP contribution in [0, 0.1) is 11.6 Å². The predicted octanol–water partition coefficient (Wildman–Crippen LogP) is 4.02. The highest BCUT2D eigenvalue weighted by Crippen LogP contribution is 2.46. The van der Waals surface area contributed by atoms with Crippen LogP contribution >= 0.6 is 11.6 Å². The average Bonchev–Trinajstić information content (AvgIpc) is 3.27. The van der Waals surface area contributed by atoms with E-state index in [-0.39, 0.29) is 27.7 Å². The first-order valence-electron chi connectivity index (χ1n) is 9.93. The van der Waals surface area contributed by atoms with Crippen molar-refractivity contribution >= 4 is 50.5 Å². The number of anilines is 3. The molecule has 2 aromatic carbocycles. The van der Waals surface area contributed by atoms with Crippen molar-refractivity contribution in [3.63, 3.8) is 0 Å². The Balaban J connectivity index is 1.86. The van der Waals surface area contributed by atoms with Gasteiger partial charge in [0.15, 0.2) is 11.6 Å². The highest BCUT2D eigenvalue weighted by Gasteiger charge is 2.37. The zero-order valence-corrected chi connectivity index (χ0v) is 18.9. The van der Waals surface area contributed by atoms with Crippen molar-refractivity contribution in [3.8, 4) is 0 Å². The van der Waals surface area contributed by atoms with Crippen LogP contribution < -0.4 is 14.5 Å². The largest absolute Gasteiger partial charge is 0.310 e. The van der Waals surface area contributed by atoms with Gasteiger partial charge in [-0.15, -0.1) is 0 Å². The topological polar surface area (TPSA) is 86.8 Å². The molecule has 0 aromatic heterocycles. The number of fused-ring (bicyclic) bond motifs is 1. The Hall–Kier alpha value is -2.72. The molecule has 0 aliphatic carbocycles. The molecule has 1 N–H and O–H groups in total. The van der Waals surface area contributed by atoms with Crippen molar-refractivity contribution in [2.45, 2.75) is 37.5 Å². The number of carbonyl (C=O) groups is 2. The first-order chi connectivity index (χ1) is 15.0. The highest BCUT2D eigenvalue weighted by atomic mass is 35.5. The lowest BCUT2D eigenvalue weighted by Crippen LogP contribution is -2.31. The lowest BCUT2D eigenvalue weighted by molar-refractivity contribution is -0.117. The van der Waals surface area contributed by atoms with Crippen LogP contribution in [0.2, 0.25) is 5.02 Å². The van der Waals surface area contributed by atoms with Crippen LogP contribution in [0.1, 0.15) is 38.2 Å². The Morgan fingerprint density at radius 2 is 1.84 bits per heavy atom. The molecule has 32 heavy (non-hydrogen) atoms. The Bertz CT molecular complexity index is 1230. The summed E-state index contributed by atoms with van der Waals surface area (Å²) in [6, 6.07) is 4.24. The summed E-state index contributed by atoms with van der Waals surface area (Å²) in [5.41, 5.74) is 0.493.